The normalized spacial score (nSPS) is 12.7. The molecule has 0 aliphatic rings. The van der Waals surface area contributed by atoms with Gasteiger partial charge in [0, 0.05) is 39.7 Å². The summed E-state index contributed by atoms with van der Waals surface area (Å²) < 4.78 is 20.3. The molecule has 0 saturated carbocycles. The van der Waals surface area contributed by atoms with E-state index in [1.165, 1.54) is 21.0 Å². The first kappa shape index (κ1) is 19.5. The summed E-state index contributed by atoms with van der Waals surface area (Å²) >= 11 is 0. The van der Waals surface area contributed by atoms with Crippen LogP contribution in [-0.2, 0) is 26.9 Å². The molecule has 1 amide bonds. The first-order valence-electron chi connectivity index (χ1n) is 7.10. The van der Waals surface area contributed by atoms with Crippen molar-refractivity contribution in [1.29, 1.82) is 0 Å². The van der Waals surface area contributed by atoms with Crippen molar-refractivity contribution >= 4 is 16.0 Å². The van der Waals surface area contributed by atoms with Crippen molar-refractivity contribution < 1.29 is 9.00 Å². The first-order chi connectivity index (χ1) is 10.4. The lowest BCUT2D eigenvalue weighted by molar-refractivity contribution is -0.118. The molecular formula is C14H25N5O3S. The monoisotopic (exact) mass is 343 g/mol. The number of carbonyl (C=O) groups excluding carboxylic acids is 1. The predicted molar refractivity (Wildman–Crippen MR) is 90.1 cm³/mol. The number of amides is 1. The van der Waals surface area contributed by atoms with Crippen molar-refractivity contribution in [2.24, 2.45) is 4.36 Å². The molecule has 0 unspecified atom stereocenters. The van der Waals surface area contributed by atoms with E-state index in [2.05, 4.69) is 9.35 Å². The minimum atomic E-state index is -2.98. The topological polar surface area (TPSA) is 87.9 Å². The summed E-state index contributed by atoms with van der Waals surface area (Å²) in [5.74, 6) is -0.648. The van der Waals surface area contributed by atoms with Crippen LogP contribution in [0.4, 0.5) is 0 Å². The number of hydrogen-bond acceptors (Lipinski definition) is 4. The van der Waals surface area contributed by atoms with Crippen molar-refractivity contribution in [3.05, 3.63) is 28.4 Å². The second-order valence-electron chi connectivity index (χ2n) is 6.57. The number of rotatable bonds is 4. The maximum absolute atomic E-state index is 12.6. The highest BCUT2D eigenvalue weighted by molar-refractivity contribution is 7.89. The second-order valence-corrected chi connectivity index (χ2v) is 9.15. The molecule has 1 rings (SSSR count). The van der Waals surface area contributed by atoms with Crippen molar-refractivity contribution in [3.8, 4) is 0 Å². The van der Waals surface area contributed by atoms with E-state index in [1.807, 2.05) is 20.8 Å². The SMILES string of the molecule is CN(C)S(=O)(=NC(=O)Cn1cnc(C(C)(C)C)cc1=O)N(C)C. The van der Waals surface area contributed by atoms with E-state index in [9.17, 15) is 13.8 Å². The summed E-state index contributed by atoms with van der Waals surface area (Å²) in [6.07, 6.45) is 1.32. The highest BCUT2D eigenvalue weighted by atomic mass is 32.2. The molecule has 9 heteroatoms. The third-order valence-electron chi connectivity index (χ3n) is 3.13. The zero-order valence-corrected chi connectivity index (χ0v) is 15.5. The number of aromatic nitrogens is 2. The molecule has 0 N–H and O–H groups in total. The van der Waals surface area contributed by atoms with E-state index in [0.29, 0.717) is 5.69 Å². The zero-order chi connectivity index (χ0) is 18.0. The van der Waals surface area contributed by atoms with Crippen molar-refractivity contribution in [2.75, 3.05) is 28.2 Å². The Morgan fingerprint density at radius 1 is 1.26 bits per heavy atom. The Balaban J connectivity index is 3.12. The maximum atomic E-state index is 12.6. The lowest BCUT2D eigenvalue weighted by atomic mass is 9.92. The third-order valence-corrected chi connectivity index (χ3v) is 5.47. The summed E-state index contributed by atoms with van der Waals surface area (Å²) in [6, 6.07) is 1.41. The summed E-state index contributed by atoms with van der Waals surface area (Å²) in [7, 11) is 3.32. The Morgan fingerprint density at radius 3 is 2.17 bits per heavy atom. The molecule has 0 aliphatic heterocycles. The van der Waals surface area contributed by atoms with E-state index < -0.39 is 16.0 Å². The van der Waals surface area contributed by atoms with Crippen molar-refractivity contribution in [2.45, 2.75) is 32.7 Å². The Bertz CT molecular complexity index is 738. The van der Waals surface area contributed by atoms with Gasteiger partial charge in [0.2, 0.25) is 0 Å². The minimum Gasteiger partial charge on any atom is -0.290 e. The smallest absolute Gasteiger partial charge is 0.275 e. The second kappa shape index (κ2) is 6.90. The average Bonchev–Trinajstić information content (AvgIpc) is 2.39. The molecule has 23 heavy (non-hydrogen) atoms. The number of nitrogens with zero attached hydrogens (tertiary/aromatic N) is 5. The van der Waals surface area contributed by atoms with Crippen LogP contribution in [0.25, 0.3) is 0 Å². The molecule has 0 fully saturated rings. The first-order valence-corrected chi connectivity index (χ1v) is 8.52. The van der Waals surface area contributed by atoms with E-state index in [-0.39, 0.29) is 17.5 Å². The van der Waals surface area contributed by atoms with Gasteiger partial charge in [-0.2, -0.15) is 0 Å². The zero-order valence-electron chi connectivity index (χ0n) is 14.7. The van der Waals surface area contributed by atoms with E-state index >= 15 is 0 Å². The van der Waals surface area contributed by atoms with Gasteiger partial charge >= 0.3 is 0 Å². The molecule has 1 aromatic rings. The van der Waals surface area contributed by atoms with Crippen LogP contribution in [0, 0.1) is 0 Å². The molecule has 0 saturated heterocycles. The van der Waals surface area contributed by atoms with Crippen LogP contribution in [-0.4, -0.2) is 56.5 Å². The van der Waals surface area contributed by atoms with Gasteiger partial charge in [-0.05, 0) is 0 Å². The Labute approximate surface area is 137 Å². The van der Waals surface area contributed by atoms with Gasteiger partial charge in [0.15, 0.2) is 10.1 Å². The molecule has 0 bridgehead atoms. The molecule has 0 radical (unpaired) electrons. The molecule has 1 heterocycles. The Hall–Kier alpha value is -1.58. The van der Waals surface area contributed by atoms with Gasteiger partial charge in [-0.1, -0.05) is 20.8 Å². The lowest BCUT2D eigenvalue weighted by Crippen LogP contribution is -2.36. The van der Waals surface area contributed by atoms with Gasteiger partial charge in [-0.3, -0.25) is 14.2 Å². The van der Waals surface area contributed by atoms with Crippen LogP contribution in [0.5, 0.6) is 0 Å². The predicted octanol–water partition coefficient (Wildman–Crippen LogP) is 0.489. The molecule has 130 valence electrons. The molecular weight excluding hydrogens is 318 g/mol. The fourth-order valence-electron chi connectivity index (χ4n) is 1.75. The van der Waals surface area contributed by atoms with Gasteiger partial charge in [-0.25, -0.2) is 17.8 Å². The van der Waals surface area contributed by atoms with Gasteiger partial charge < -0.3 is 0 Å². The van der Waals surface area contributed by atoms with E-state index in [0.717, 1.165) is 4.57 Å². The fraction of sp³-hybridized carbons (Fsp3) is 0.643. The number of hydrogen-bond donors (Lipinski definition) is 0. The Morgan fingerprint density at radius 2 is 1.78 bits per heavy atom. The molecule has 0 aliphatic carbocycles. The van der Waals surface area contributed by atoms with Crippen LogP contribution in [0.1, 0.15) is 26.5 Å². The van der Waals surface area contributed by atoms with Crippen molar-refractivity contribution in [1.82, 2.24) is 18.2 Å². The molecule has 8 nitrogen and oxygen atoms in total. The standard InChI is InChI=1S/C14H25N5O3S/c1-14(2,3)11-8-13(21)19(10-15-11)9-12(20)16-23(22,17(4)5)18(6)7/h8,10H,9H2,1-7H3. The van der Waals surface area contributed by atoms with E-state index in [4.69, 9.17) is 0 Å². The summed E-state index contributed by atoms with van der Waals surface area (Å²) in [5.41, 5.74) is 0.0553. The quantitative estimate of drug-likeness (QED) is 0.796. The molecule has 0 spiro atoms. The maximum Gasteiger partial charge on any atom is 0.275 e. The van der Waals surface area contributed by atoms with Crippen LogP contribution in [0.2, 0.25) is 0 Å². The van der Waals surface area contributed by atoms with Crippen LogP contribution in [0.15, 0.2) is 21.6 Å². The van der Waals surface area contributed by atoms with Crippen molar-refractivity contribution in [3.63, 3.8) is 0 Å². The van der Waals surface area contributed by atoms with Crippen LogP contribution in [0.3, 0.4) is 0 Å². The van der Waals surface area contributed by atoms with Crippen LogP contribution < -0.4 is 5.56 Å². The lowest BCUT2D eigenvalue weighted by Gasteiger charge is -2.22. The van der Waals surface area contributed by atoms with Gasteiger partial charge in [0.25, 0.3) is 11.5 Å². The van der Waals surface area contributed by atoms with Gasteiger partial charge in [0.1, 0.15) is 6.54 Å². The van der Waals surface area contributed by atoms with Gasteiger partial charge in [0.05, 0.1) is 12.0 Å². The number of carbonyl (C=O) groups is 1. The minimum absolute atomic E-state index is 0.253. The molecule has 0 aromatic carbocycles. The molecule has 0 atom stereocenters. The van der Waals surface area contributed by atoms with Crippen LogP contribution >= 0.6 is 0 Å². The largest absolute Gasteiger partial charge is 0.290 e. The molecule has 1 aromatic heterocycles. The highest BCUT2D eigenvalue weighted by Crippen LogP contribution is 2.17. The third kappa shape index (κ3) is 4.69. The summed E-state index contributed by atoms with van der Waals surface area (Å²) in [5, 5.41) is 0. The Kier molecular flexibility index (Phi) is 5.84. The average molecular weight is 343 g/mol. The fourth-order valence-corrected chi connectivity index (χ4v) is 3.05. The summed E-state index contributed by atoms with van der Waals surface area (Å²) in [4.78, 5) is 28.4. The van der Waals surface area contributed by atoms with Gasteiger partial charge in [-0.15, -0.1) is 4.36 Å². The highest BCUT2D eigenvalue weighted by Gasteiger charge is 2.19. The van der Waals surface area contributed by atoms with E-state index in [1.54, 1.807) is 28.2 Å². The summed E-state index contributed by atoms with van der Waals surface area (Å²) in [6.45, 7) is 5.55.